The summed E-state index contributed by atoms with van der Waals surface area (Å²) in [6.07, 6.45) is 4.76. The summed E-state index contributed by atoms with van der Waals surface area (Å²) in [4.78, 5) is 4.80. The topological polar surface area (TPSA) is 69.2 Å². The molecule has 7 heteroatoms. The Hall–Kier alpha value is -2.93. The van der Waals surface area contributed by atoms with Crippen molar-refractivity contribution in [3.05, 3.63) is 93.6 Å². The van der Waals surface area contributed by atoms with E-state index >= 15 is 0 Å². The lowest BCUT2D eigenvalue weighted by Gasteiger charge is -2.15. The van der Waals surface area contributed by atoms with Gasteiger partial charge in [-0.05, 0) is 27.6 Å². The Kier molecular flexibility index (Phi) is 4.77. The highest BCUT2D eigenvalue weighted by molar-refractivity contribution is 9.10. The summed E-state index contributed by atoms with van der Waals surface area (Å²) in [5.41, 5.74) is 3.79. The molecule has 6 nitrogen and oxygen atoms in total. The number of hydrogen-bond acceptors (Lipinski definition) is 4. The molecule has 0 bridgehead atoms. The summed E-state index contributed by atoms with van der Waals surface area (Å²) < 4.78 is 3.40. The summed E-state index contributed by atoms with van der Waals surface area (Å²) in [6, 6.07) is 15.9. The quantitative estimate of drug-likeness (QED) is 0.390. The van der Waals surface area contributed by atoms with Crippen molar-refractivity contribution in [3.8, 4) is 0 Å². The monoisotopic (exact) mass is 423 g/mol. The van der Waals surface area contributed by atoms with Gasteiger partial charge in [0, 0.05) is 30.2 Å². The first-order valence-electron chi connectivity index (χ1n) is 8.62. The van der Waals surface area contributed by atoms with Crippen molar-refractivity contribution >= 4 is 27.4 Å². The number of rotatable bonds is 5. The molecule has 1 atom stereocenters. The first-order valence-corrected chi connectivity index (χ1v) is 9.42. The molecule has 0 saturated carbocycles. The molecule has 1 unspecified atom stereocenters. The largest absolute Gasteiger partial charge is 0.619 e. The van der Waals surface area contributed by atoms with Gasteiger partial charge in [-0.15, -0.1) is 0 Å². The van der Waals surface area contributed by atoms with Crippen molar-refractivity contribution in [1.29, 1.82) is 0 Å². The van der Waals surface area contributed by atoms with E-state index in [0.717, 1.165) is 31.9 Å². The molecule has 1 N–H and O–H groups in total. The van der Waals surface area contributed by atoms with Gasteiger partial charge in [-0.1, -0.05) is 37.3 Å². The fourth-order valence-electron chi connectivity index (χ4n) is 3.01. The standard InChI is InChI=1S/C20H18BrN5O/c1-14(16-7-3-2-4-8-16)18-10-19(26-20(24-18)17(21)12-23-26)22-11-15-6-5-9-25(27)13-15/h2-10,12-14,22H,11H2,1H3. The first-order chi connectivity index (χ1) is 13.1. The molecular weight excluding hydrogens is 406 g/mol. The minimum absolute atomic E-state index is 0.138. The highest BCUT2D eigenvalue weighted by Crippen LogP contribution is 2.27. The van der Waals surface area contributed by atoms with Crippen LogP contribution in [0.5, 0.6) is 0 Å². The van der Waals surface area contributed by atoms with Crippen LogP contribution in [-0.4, -0.2) is 14.6 Å². The van der Waals surface area contributed by atoms with E-state index in [2.05, 4.69) is 45.4 Å². The van der Waals surface area contributed by atoms with Crippen LogP contribution in [0.15, 0.2) is 71.6 Å². The van der Waals surface area contributed by atoms with Gasteiger partial charge in [-0.3, -0.25) is 0 Å². The van der Waals surface area contributed by atoms with Crippen molar-refractivity contribution in [2.45, 2.75) is 19.4 Å². The molecule has 0 radical (unpaired) electrons. The van der Waals surface area contributed by atoms with Crippen molar-refractivity contribution in [1.82, 2.24) is 14.6 Å². The Balaban J connectivity index is 1.71. The molecule has 0 spiro atoms. The number of nitrogens with one attached hydrogen (secondary N) is 1. The SMILES string of the molecule is CC(c1ccccc1)c1cc(NCc2ccc[n+]([O-])c2)n2ncc(Br)c2n1. The van der Waals surface area contributed by atoms with Crippen LogP contribution in [-0.2, 0) is 6.54 Å². The number of fused-ring (bicyclic) bond motifs is 1. The number of hydrogen-bond donors (Lipinski definition) is 1. The maximum atomic E-state index is 11.5. The second kappa shape index (κ2) is 7.36. The number of anilines is 1. The van der Waals surface area contributed by atoms with Gasteiger partial charge >= 0.3 is 0 Å². The third-order valence-electron chi connectivity index (χ3n) is 4.50. The van der Waals surface area contributed by atoms with Crippen LogP contribution in [0.25, 0.3) is 5.65 Å². The summed E-state index contributed by atoms with van der Waals surface area (Å²) in [6.45, 7) is 2.65. The maximum absolute atomic E-state index is 11.5. The lowest BCUT2D eigenvalue weighted by Crippen LogP contribution is -2.25. The van der Waals surface area contributed by atoms with Gasteiger partial charge < -0.3 is 10.5 Å². The van der Waals surface area contributed by atoms with Crippen LogP contribution < -0.4 is 10.0 Å². The van der Waals surface area contributed by atoms with E-state index in [1.807, 2.05) is 30.3 Å². The summed E-state index contributed by atoms with van der Waals surface area (Å²) >= 11 is 3.53. The second-order valence-corrected chi connectivity index (χ2v) is 7.21. The molecule has 0 fully saturated rings. The van der Waals surface area contributed by atoms with Crippen molar-refractivity contribution < 1.29 is 4.73 Å². The van der Waals surface area contributed by atoms with Crippen molar-refractivity contribution in [2.24, 2.45) is 0 Å². The molecule has 3 aromatic heterocycles. The summed E-state index contributed by atoms with van der Waals surface area (Å²) in [7, 11) is 0. The van der Waals surface area contributed by atoms with Crippen molar-refractivity contribution in [3.63, 3.8) is 0 Å². The van der Waals surface area contributed by atoms with Crippen LogP contribution in [0.2, 0.25) is 0 Å². The van der Waals surface area contributed by atoms with Crippen LogP contribution >= 0.6 is 15.9 Å². The Morgan fingerprint density at radius 3 is 2.81 bits per heavy atom. The lowest BCUT2D eigenvalue weighted by atomic mass is 9.97. The molecule has 3 heterocycles. The van der Waals surface area contributed by atoms with E-state index in [9.17, 15) is 5.21 Å². The number of halogens is 1. The smallest absolute Gasteiger partial charge is 0.185 e. The van der Waals surface area contributed by atoms with E-state index in [1.165, 1.54) is 11.8 Å². The predicted octanol–water partition coefficient (Wildman–Crippen LogP) is 3.89. The minimum Gasteiger partial charge on any atom is -0.619 e. The van der Waals surface area contributed by atoms with Crippen LogP contribution in [0, 0.1) is 5.21 Å². The highest BCUT2D eigenvalue weighted by Gasteiger charge is 2.16. The fourth-order valence-corrected chi connectivity index (χ4v) is 3.36. The van der Waals surface area contributed by atoms with Gasteiger partial charge in [0.2, 0.25) is 0 Å². The molecular formula is C20H18BrN5O. The van der Waals surface area contributed by atoms with E-state index in [1.54, 1.807) is 23.0 Å². The molecule has 4 rings (SSSR count). The van der Waals surface area contributed by atoms with Crippen LogP contribution in [0.4, 0.5) is 5.82 Å². The van der Waals surface area contributed by atoms with E-state index in [-0.39, 0.29) is 5.92 Å². The van der Waals surface area contributed by atoms with Gasteiger partial charge in [-0.25, -0.2) is 4.98 Å². The minimum atomic E-state index is 0.138. The van der Waals surface area contributed by atoms with E-state index < -0.39 is 0 Å². The van der Waals surface area contributed by atoms with Gasteiger partial charge in [0.25, 0.3) is 0 Å². The van der Waals surface area contributed by atoms with E-state index in [0.29, 0.717) is 6.54 Å². The third-order valence-corrected chi connectivity index (χ3v) is 5.06. The van der Waals surface area contributed by atoms with Crippen molar-refractivity contribution in [2.75, 3.05) is 5.32 Å². The zero-order chi connectivity index (χ0) is 18.8. The molecule has 0 aliphatic carbocycles. The number of benzene rings is 1. The average molecular weight is 424 g/mol. The molecule has 4 aromatic rings. The number of pyridine rings is 1. The summed E-state index contributed by atoms with van der Waals surface area (Å²) in [5, 5.41) is 19.3. The van der Waals surface area contributed by atoms with E-state index in [4.69, 9.17) is 4.98 Å². The zero-order valence-electron chi connectivity index (χ0n) is 14.7. The molecule has 27 heavy (non-hydrogen) atoms. The first kappa shape index (κ1) is 17.5. The Labute approximate surface area is 165 Å². The molecule has 1 aromatic carbocycles. The Morgan fingerprint density at radius 2 is 2.04 bits per heavy atom. The molecule has 0 saturated heterocycles. The van der Waals surface area contributed by atoms with Gasteiger partial charge in [0.1, 0.15) is 5.82 Å². The average Bonchev–Trinajstić information content (AvgIpc) is 3.07. The fraction of sp³-hybridized carbons (Fsp3) is 0.150. The lowest BCUT2D eigenvalue weighted by molar-refractivity contribution is -0.605. The number of aromatic nitrogens is 4. The number of nitrogens with zero attached hydrogens (tertiary/aromatic N) is 4. The predicted molar refractivity (Wildman–Crippen MR) is 107 cm³/mol. The van der Waals surface area contributed by atoms with Gasteiger partial charge in [0.05, 0.1) is 16.4 Å². The summed E-state index contributed by atoms with van der Waals surface area (Å²) in [5.74, 6) is 0.962. The Bertz CT molecular complexity index is 1080. The normalized spacial score (nSPS) is 12.2. The molecule has 0 aliphatic heterocycles. The van der Waals surface area contributed by atoms with Crippen LogP contribution in [0.1, 0.15) is 29.7 Å². The van der Waals surface area contributed by atoms with Gasteiger partial charge in [-0.2, -0.15) is 14.3 Å². The zero-order valence-corrected chi connectivity index (χ0v) is 16.3. The highest BCUT2D eigenvalue weighted by atomic mass is 79.9. The maximum Gasteiger partial charge on any atom is 0.185 e. The molecule has 0 aliphatic rings. The van der Waals surface area contributed by atoms with Gasteiger partial charge in [0.15, 0.2) is 18.0 Å². The third kappa shape index (κ3) is 3.64. The second-order valence-electron chi connectivity index (χ2n) is 6.35. The molecule has 136 valence electrons. The Morgan fingerprint density at radius 1 is 1.22 bits per heavy atom. The molecule has 0 amide bonds. The van der Waals surface area contributed by atoms with Crippen LogP contribution in [0.3, 0.4) is 0 Å².